The molecule has 0 spiro atoms. The Bertz CT molecular complexity index is 732. The van der Waals surface area contributed by atoms with Crippen LogP contribution >= 0.6 is 7.82 Å². The summed E-state index contributed by atoms with van der Waals surface area (Å²) in [4.78, 5) is 0. The Balaban J connectivity index is 2.44. The summed E-state index contributed by atoms with van der Waals surface area (Å²) in [6.07, 6.45) is -4.22. The maximum absolute atomic E-state index is 15.3. The molecule has 5 nitrogen and oxygen atoms in total. The first-order valence-electron chi connectivity index (χ1n) is 8.57. The molecule has 0 amide bonds. The van der Waals surface area contributed by atoms with Gasteiger partial charge in [-0.15, -0.1) is 0 Å². The van der Waals surface area contributed by atoms with Gasteiger partial charge in [0, 0.05) is 0 Å². The quantitative estimate of drug-likeness (QED) is 0.549. The molecular formula is C19H23F2O5P. The largest absolute Gasteiger partial charge is 0.475 e. The van der Waals surface area contributed by atoms with E-state index in [4.69, 9.17) is 13.6 Å². The molecule has 0 heterocycles. The van der Waals surface area contributed by atoms with Crippen molar-refractivity contribution < 1.29 is 32.0 Å². The second-order valence-corrected chi connectivity index (χ2v) is 7.29. The zero-order valence-corrected chi connectivity index (χ0v) is 16.0. The van der Waals surface area contributed by atoms with Gasteiger partial charge in [0.1, 0.15) is 6.10 Å². The number of alkyl halides is 2. The highest BCUT2D eigenvalue weighted by Gasteiger charge is 2.52. The number of benzene rings is 2. The van der Waals surface area contributed by atoms with Crippen LogP contribution in [-0.4, -0.2) is 24.2 Å². The van der Waals surface area contributed by atoms with Crippen LogP contribution in [0.5, 0.6) is 0 Å². The van der Waals surface area contributed by atoms with Gasteiger partial charge in [-0.3, -0.25) is 13.6 Å². The van der Waals surface area contributed by atoms with Gasteiger partial charge in [-0.25, -0.2) is 13.3 Å². The fourth-order valence-electron chi connectivity index (χ4n) is 2.53. The number of phosphoric ester groups is 1. The smallest absolute Gasteiger partial charge is 0.382 e. The van der Waals surface area contributed by atoms with Crippen LogP contribution in [0.15, 0.2) is 60.7 Å². The minimum absolute atomic E-state index is 0.00897. The first-order chi connectivity index (χ1) is 12.8. The number of hydrogen-bond donors (Lipinski definition) is 1. The van der Waals surface area contributed by atoms with Crippen molar-refractivity contribution in [3.05, 3.63) is 71.8 Å². The normalized spacial score (nSPS) is 14.7. The molecule has 148 valence electrons. The molecule has 27 heavy (non-hydrogen) atoms. The minimum atomic E-state index is -4.26. The lowest BCUT2D eigenvalue weighted by molar-refractivity contribution is -0.179. The number of rotatable bonds is 10. The van der Waals surface area contributed by atoms with Gasteiger partial charge in [-0.05, 0) is 25.0 Å². The lowest BCUT2D eigenvalue weighted by Gasteiger charge is -2.32. The van der Waals surface area contributed by atoms with Crippen molar-refractivity contribution >= 4 is 7.82 Å². The molecule has 0 aliphatic carbocycles. The SMILES string of the molecule is CCOP(=O)(OCC)OC(c1ccccc1)C(F)(F)C(O)c1ccccc1. The Morgan fingerprint density at radius 2 is 1.37 bits per heavy atom. The van der Waals surface area contributed by atoms with Crippen molar-refractivity contribution in [2.45, 2.75) is 32.0 Å². The van der Waals surface area contributed by atoms with Crippen molar-refractivity contribution in [1.29, 1.82) is 0 Å². The van der Waals surface area contributed by atoms with E-state index < -0.39 is 26.0 Å². The summed E-state index contributed by atoms with van der Waals surface area (Å²) in [5.41, 5.74) is 0.0480. The minimum Gasteiger partial charge on any atom is -0.382 e. The Labute approximate surface area is 157 Å². The third-order valence-corrected chi connectivity index (χ3v) is 5.36. The van der Waals surface area contributed by atoms with Gasteiger partial charge >= 0.3 is 13.7 Å². The van der Waals surface area contributed by atoms with Gasteiger partial charge in [0.05, 0.1) is 13.2 Å². The van der Waals surface area contributed by atoms with Crippen molar-refractivity contribution in [2.75, 3.05) is 13.2 Å². The topological polar surface area (TPSA) is 65.0 Å². The number of hydrogen-bond acceptors (Lipinski definition) is 5. The average Bonchev–Trinajstić information content (AvgIpc) is 2.67. The molecule has 0 aromatic heterocycles. The van der Waals surface area contributed by atoms with E-state index in [2.05, 4.69) is 0 Å². The molecule has 2 rings (SSSR count). The monoisotopic (exact) mass is 400 g/mol. The van der Waals surface area contributed by atoms with Gasteiger partial charge < -0.3 is 5.11 Å². The molecule has 0 radical (unpaired) electrons. The third-order valence-electron chi connectivity index (χ3n) is 3.74. The van der Waals surface area contributed by atoms with Crippen LogP contribution in [0.25, 0.3) is 0 Å². The number of aliphatic hydroxyl groups excluding tert-OH is 1. The Kier molecular flexibility index (Phi) is 7.65. The van der Waals surface area contributed by atoms with Crippen molar-refractivity contribution in [1.82, 2.24) is 0 Å². The predicted octanol–water partition coefficient (Wildman–Crippen LogP) is 5.29. The molecule has 0 fully saturated rings. The van der Waals surface area contributed by atoms with Crippen LogP contribution in [0.4, 0.5) is 8.78 Å². The van der Waals surface area contributed by atoms with Gasteiger partial charge in [0.25, 0.3) is 0 Å². The van der Waals surface area contributed by atoms with E-state index in [-0.39, 0.29) is 24.3 Å². The van der Waals surface area contributed by atoms with E-state index in [0.29, 0.717) is 0 Å². The highest BCUT2D eigenvalue weighted by atomic mass is 31.2. The molecule has 2 unspecified atom stereocenters. The van der Waals surface area contributed by atoms with Gasteiger partial charge in [0.2, 0.25) is 0 Å². The Morgan fingerprint density at radius 3 is 1.81 bits per heavy atom. The standard InChI is InChI=1S/C19H23F2O5P/c1-3-24-27(23,25-4-2)26-18(16-13-9-6-10-14-16)19(20,21)17(22)15-11-7-5-8-12-15/h5-14,17-18,22H,3-4H2,1-2H3. The van der Waals surface area contributed by atoms with E-state index in [9.17, 15) is 9.67 Å². The van der Waals surface area contributed by atoms with Crippen LogP contribution in [0.3, 0.4) is 0 Å². The maximum atomic E-state index is 15.3. The number of halogens is 2. The fourth-order valence-corrected chi connectivity index (χ4v) is 3.87. The molecule has 0 aliphatic rings. The first kappa shape index (κ1) is 21.7. The summed E-state index contributed by atoms with van der Waals surface area (Å²) in [7, 11) is -4.26. The molecule has 8 heteroatoms. The highest BCUT2D eigenvalue weighted by Crippen LogP contribution is 2.57. The van der Waals surface area contributed by atoms with Crippen LogP contribution in [0.1, 0.15) is 37.2 Å². The van der Waals surface area contributed by atoms with Crippen LogP contribution in [-0.2, 0) is 18.1 Å². The summed E-state index contributed by atoms with van der Waals surface area (Å²) in [5, 5.41) is 10.3. The van der Waals surface area contributed by atoms with Crippen molar-refractivity contribution in [2.24, 2.45) is 0 Å². The molecule has 0 aliphatic heterocycles. The van der Waals surface area contributed by atoms with Gasteiger partial charge in [-0.1, -0.05) is 60.7 Å². The molecule has 2 aromatic carbocycles. The molecular weight excluding hydrogens is 377 g/mol. The highest BCUT2D eigenvalue weighted by molar-refractivity contribution is 7.48. The fraction of sp³-hybridized carbons (Fsp3) is 0.368. The second-order valence-electron chi connectivity index (χ2n) is 5.67. The van der Waals surface area contributed by atoms with E-state index in [1.165, 1.54) is 36.4 Å². The van der Waals surface area contributed by atoms with Crippen LogP contribution < -0.4 is 0 Å². The molecule has 2 atom stereocenters. The van der Waals surface area contributed by atoms with Crippen molar-refractivity contribution in [3.63, 3.8) is 0 Å². The van der Waals surface area contributed by atoms with Crippen LogP contribution in [0, 0.1) is 0 Å². The third kappa shape index (κ3) is 5.43. The second kappa shape index (κ2) is 9.53. The van der Waals surface area contributed by atoms with E-state index in [1.54, 1.807) is 38.1 Å². The summed E-state index contributed by atoms with van der Waals surface area (Å²) in [5.74, 6) is -3.81. The zero-order valence-electron chi connectivity index (χ0n) is 15.1. The zero-order chi connectivity index (χ0) is 19.9. The lowest BCUT2D eigenvalue weighted by atomic mass is 9.95. The molecule has 0 bridgehead atoms. The molecule has 0 saturated heterocycles. The van der Waals surface area contributed by atoms with Gasteiger partial charge in [-0.2, -0.15) is 0 Å². The lowest BCUT2D eigenvalue weighted by Crippen LogP contribution is -2.35. The summed E-state index contributed by atoms with van der Waals surface area (Å²) in [6, 6.07) is 15.0. The summed E-state index contributed by atoms with van der Waals surface area (Å²) in [6.45, 7) is 2.99. The molecule has 1 N–H and O–H groups in total. The average molecular weight is 400 g/mol. The Morgan fingerprint density at radius 1 is 0.926 bits per heavy atom. The Hall–Kier alpha value is -1.63. The first-order valence-corrected chi connectivity index (χ1v) is 10.0. The molecule has 2 aromatic rings. The van der Waals surface area contributed by atoms with E-state index in [1.807, 2.05) is 0 Å². The number of phosphoric acid groups is 1. The van der Waals surface area contributed by atoms with Crippen LogP contribution in [0.2, 0.25) is 0 Å². The predicted molar refractivity (Wildman–Crippen MR) is 97.5 cm³/mol. The maximum Gasteiger partial charge on any atom is 0.475 e. The van der Waals surface area contributed by atoms with E-state index in [0.717, 1.165) is 0 Å². The summed E-state index contributed by atoms with van der Waals surface area (Å²) < 4.78 is 58.4. The van der Waals surface area contributed by atoms with E-state index >= 15 is 8.78 Å². The van der Waals surface area contributed by atoms with Crippen molar-refractivity contribution in [3.8, 4) is 0 Å². The molecule has 0 saturated carbocycles. The summed E-state index contributed by atoms with van der Waals surface area (Å²) >= 11 is 0. The van der Waals surface area contributed by atoms with Gasteiger partial charge in [0.15, 0.2) is 6.10 Å². The number of aliphatic hydroxyl groups is 1.